The first kappa shape index (κ1) is 19.1. The van der Waals surface area contributed by atoms with E-state index in [9.17, 15) is 9.90 Å². The summed E-state index contributed by atoms with van der Waals surface area (Å²) >= 11 is 0. The van der Waals surface area contributed by atoms with Gasteiger partial charge in [-0.15, -0.1) is 0 Å². The second-order valence-electron chi connectivity index (χ2n) is 8.05. The number of ether oxygens (including phenoxy) is 1. The number of amides is 1. The molecular weight excluding hydrogens is 364 g/mol. The number of para-hydroxylation sites is 1. The van der Waals surface area contributed by atoms with Crippen molar-refractivity contribution in [3.63, 3.8) is 0 Å². The monoisotopic (exact) mass is 390 g/mol. The van der Waals surface area contributed by atoms with E-state index in [4.69, 9.17) is 4.74 Å². The highest BCUT2D eigenvalue weighted by Gasteiger charge is 2.50. The Labute approximate surface area is 171 Å². The average molecular weight is 390 g/mol. The van der Waals surface area contributed by atoms with Crippen molar-refractivity contribution in [2.45, 2.75) is 25.0 Å². The van der Waals surface area contributed by atoms with E-state index in [-0.39, 0.29) is 17.6 Å². The second-order valence-corrected chi connectivity index (χ2v) is 8.05. The van der Waals surface area contributed by atoms with E-state index in [2.05, 4.69) is 0 Å². The van der Waals surface area contributed by atoms with Gasteiger partial charge in [0, 0.05) is 44.7 Å². The summed E-state index contributed by atoms with van der Waals surface area (Å²) < 4.78 is 6.14. The molecule has 5 heteroatoms. The van der Waals surface area contributed by atoms with Gasteiger partial charge in [-0.2, -0.15) is 0 Å². The number of piperidine rings is 1. The Morgan fingerprint density at radius 3 is 2.59 bits per heavy atom. The van der Waals surface area contributed by atoms with Gasteiger partial charge < -0.3 is 19.6 Å². The first-order valence-corrected chi connectivity index (χ1v) is 9.75. The molecule has 1 amide bonds. The SMILES string of the molecule is CN(C)c1ccc(/C=C/C(O)=C2\C(=O)N(C)C3(C)CC2c2ccccc2O3)cc1. The van der Waals surface area contributed by atoms with Gasteiger partial charge in [0.15, 0.2) is 5.72 Å². The van der Waals surface area contributed by atoms with Crippen LogP contribution < -0.4 is 9.64 Å². The van der Waals surface area contributed by atoms with Crippen molar-refractivity contribution >= 4 is 17.7 Å². The molecule has 2 aliphatic rings. The van der Waals surface area contributed by atoms with Gasteiger partial charge in [-0.3, -0.25) is 4.79 Å². The Morgan fingerprint density at radius 2 is 1.90 bits per heavy atom. The van der Waals surface area contributed by atoms with E-state index in [0.29, 0.717) is 12.0 Å². The Balaban J connectivity index is 1.72. The summed E-state index contributed by atoms with van der Waals surface area (Å²) in [5.74, 6) is 0.360. The van der Waals surface area contributed by atoms with Gasteiger partial charge in [-0.25, -0.2) is 0 Å². The van der Waals surface area contributed by atoms with Crippen molar-refractivity contribution in [3.05, 3.63) is 77.1 Å². The van der Waals surface area contributed by atoms with Crippen LogP contribution in [0.1, 0.15) is 30.4 Å². The molecule has 0 saturated carbocycles. The fraction of sp³-hybridized carbons (Fsp3) is 0.292. The van der Waals surface area contributed by atoms with Crippen LogP contribution in [-0.4, -0.2) is 42.8 Å². The molecule has 2 unspecified atom stereocenters. The molecule has 0 radical (unpaired) electrons. The van der Waals surface area contributed by atoms with Crippen LogP contribution in [0.2, 0.25) is 0 Å². The smallest absolute Gasteiger partial charge is 0.256 e. The summed E-state index contributed by atoms with van der Waals surface area (Å²) in [4.78, 5) is 16.7. The fourth-order valence-corrected chi connectivity index (χ4v) is 4.07. The molecule has 5 nitrogen and oxygen atoms in total. The van der Waals surface area contributed by atoms with Crippen LogP contribution in [0.15, 0.2) is 65.9 Å². The Hall–Kier alpha value is -3.21. The third-order valence-corrected chi connectivity index (χ3v) is 5.92. The van der Waals surface area contributed by atoms with Gasteiger partial charge in [0.05, 0.1) is 5.57 Å². The number of aliphatic hydroxyl groups excluding tert-OH is 1. The molecule has 2 bridgehead atoms. The van der Waals surface area contributed by atoms with Crippen LogP contribution in [0.5, 0.6) is 5.75 Å². The van der Waals surface area contributed by atoms with Crippen molar-refractivity contribution in [3.8, 4) is 5.75 Å². The molecule has 4 rings (SSSR count). The molecule has 1 saturated heterocycles. The minimum absolute atomic E-state index is 0.00212. The summed E-state index contributed by atoms with van der Waals surface area (Å²) in [6.45, 7) is 1.92. The molecule has 1 N–H and O–H groups in total. The zero-order chi connectivity index (χ0) is 20.8. The van der Waals surface area contributed by atoms with Crippen LogP contribution in [-0.2, 0) is 4.79 Å². The number of fused-ring (bicyclic) bond motifs is 4. The number of nitrogens with zero attached hydrogens (tertiary/aromatic N) is 2. The van der Waals surface area contributed by atoms with Gasteiger partial charge in [0.2, 0.25) is 0 Å². The van der Waals surface area contributed by atoms with Gasteiger partial charge in [0.1, 0.15) is 11.5 Å². The van der Waals surface area contributed by atoms with E-state index in [1.54, 1.807) is 18.0 Å². The number of likely N-dealkylation sites (N-methyl/N-ethyl adjacent to an activating group) is 1. The number of hydrogen-bond donors (Lipinski definition) is 1. The minimum Gasteiger partial charge on any atom is -0.507 e. The van der Waals surface area contributed by atoms with Gasteiger partial charge >= 0.3 is 0 Å². The van der Waals surface area contributed by atoms with Crippen molar-refractivity contribution in [2.24, 2.45) is 0 Å². The maximum absolute atomic E-state index is 13.1. The standard InChI is InChI=1S/C24H26N2O3/c1-24-15-19(18-7-5-6-8-21(18)29-24)22(23(28)26(24)4)20(27)14-11-16-9-12-17(13-10-16)25(2)3/h5-14,19,27H,15H2,1-4H3/b14-11+,22-20+. The summed E-state index contributed by atoms with van der Waals surface area (Å²) in [5, 5.41) is 10.9. The van der Waals surface area contributed by atoms with Crippen molar-refractivity contribution in [1.82, 2.24) is 4.90 Å². The lowest BCUT2D eigenvalue weighted by Crippen LogP contribution is -2.59. The van der Waals surface area contributed by atoms with Crippen molar-refractivity contribution < 1.29 is 14.6 Å². The van der Waals surface area contributed by atoms with Crippen molar-refractivity contribution in [1.29, 1.82) is 0 Å². The topological polar surface area (TPSA) is 53.0 Å². The number of carbonyl (C=O) groups is 1. The predicted octanol–water partition coefficient (Wildman–Crippen LogP) is 4.33. The van der Waals surface area contributed by atoms with Crippen LogP contribution in [0, 0.1) is 0 Å². The molecule has 2 aromatic rings. The van der Waals surface area contributed by atoms with Gasteiger partial charge in [-0.05, 0) is 36.8 Å². The summed E-state index contributed by atoms with van der Waals surface area (Å²) in [6.07, 6.45) is 4.05. The lowest BCUT2D eigenvalue weighted by molar-refractivity contribution is -0.153. The molecule has 2 aromatic carbocycles. The number of anilines is 1. The van der Waals surface area contributed by atoms with E-state index in [0.717, 1.165) is 22.6 Å². The first-order chi connectivity index (χ1) is 13.8. The highest BCUT2D eigenvalue weighted by atomic mass is 16.5. The van der Waals surface area contributed by atoms with Crippen LogP contribution in [0.25, 0.3) is 6.08 Å². The number of aliphatic hydroxyl groups is 1. The van der Waals surface area contributed by atoms with Crippen LogP contribution >= 0.6 is 0 Å². The van der Waals surface area contributed by atoms with E-state index in [1.165, 1.54) is 0 Å². The number of benzene rings is 2. The number of hydrogen-bond acceptors (Lipinski definition) is 4. The molecule has 150 valence electrons. The third-order valence-electron chi connectivity index (χ3n) is 5.92. The third kappa shape index (κ3) is 3.27. The maximum atomic E-state index is 13.1. The van der Waals surface area contributed by atoms with Crippen LogP contribution in [0.4, 0.5) is 5.69 Å². The molecule has 2 atom stereocenters. The molecule has 0 spiro atoms. The van der Waals surface area contributed by atoms with E-state index >= 15 is 0 Å². The molecular formula is C24H26N2O3. The largest absolute Gasteiger partial charge is 0.507 e. The summed E-state index contributed by atoms with van der Waals surface area (Å²) in [6, 6.07) is 15.7. The van der Waals surface area contributed by atoms with Crippen LogP contribution in [0.3, 0.4) is 0 Å². The van der Waals surface area contributed by atoms with Crippen molar-refractivity contribution in [2.75, 3.05) is 26.0 Å². The number of likely N-dealkylation sites (tertiary alicyclic amines) is 1. The fourth-order valence-electron chi connectivity index (χ4n) is 4.07. The lowest BCUT2D eigenvalue weighted by atomic mass is 9.77. The molecule has 2 heterocycles. The second kappa shape index (κ2) is 6.99. The average Bonchev–Trinajstić information content (AvgIpc) is 2.71. The van der Waals surface area contributed by atoms with Gasteiger partial charge in [0.25, 0.3) is 5.91 Å². The minimum atomic E-state index is -0.717. The Bertz CT molecular complexity index is 1010. The quantitative estimate of drug-likeness (QED) is 0.626. The maximum Gasteiger partial charge on any atom is 0.256 e. The molecule has 0 aliphatic carbocycles. The normalized spacial score (nSPS) is 24.9. The number of allylic oxidation sites excluding steroid dienone is 1. The van der Waals surface area contributed by atoms with E-state index in [1.807, 2.05) is 80.5 Å². The number of rotatable bonds is 3. The molecule has 2 aliphatic heterocycles. The summed E-state index contributed by atoms with van der Waals surface area (Å²) in [7, 11) is 5.71. The first-order valence-electron chi connectivity index (χ1n) is 9.75. The molecule has 1 fully saturated rings. The highest BCUT2D eigenvalue weighted by Crippen LogP contribution is 2.50. The number of carbonyl (C=O) groups excluding carboxylic acids is 1. The predicted molar refractivity (Wildman–Crippen MR) is 115 cm³/mol. The zero-order valence-corrected chi connectivity index (χ0v) is 17.2. The molecule has 0 aromatic heterocycles. The molecule has 29 heavy (non-hydrogen) atoms. The highest BCUT2D eigenvalue weighted by molar-refractivity contribution is 5.98. The summed E-state index contributed by atoms with van der Waals surface area (Å²) in [5.41, 5.74) is 2.70. The van der Waals surface area contributed by atoms with E-state index < -0.39 is 5.72 Å². The Kier molecular flexibility index (Phi) is 4.61. The van der Waals surface area contributed by atoms with Gasteiger partial charge in [-0.1, -0.05) is 36.4 Å². The lowest BCUT2D eigenvalue weighted by Gasteiger charge is -2.49. The zero-order valence-electron chi connectivity index (χ0n) is 17.2. The Morgan fingerprint density at radius 1 is 1.21 bits per heavy atom.